The average molecular weight is 480 g/mol. The number of carbonyl (C=O) groups is 2. The first-order chi connectivity index (χ1) is 14.7. The van der Waals surface area contributed by atoms with Crippen LogP contribution in [-0.4, -0.2) is 51.0 Å². The molecule has 0 unspecified atom stereocenters. The van der Waals surface area contributed by atoms with Crippen LogP contribution in [0.3, 0.4) is 0 Å². The SMILES string of the molecule is O=C(O)CCSc1cnc(NC(=O)N(C2CCCCC2)C2CCC(C(F)(F)F)CC2)s1. The van der Waals surface area contributed by atoms with Crippen LogP contribution in [0.2, 0.25) is 0 Å². The van der Waals surface area contributed by atoms with Gasteiger partial charge < -0.3 is 10.0 Å². The van der Waals surface area contributed by atoms with Gasteiger partial charge in [-0.2, -0.15) is 13.2 Å². The molecule has 0 bridgehead atoms. The number of halogens is 3. The second-order valence-corrected chi connectivity index (χ2v) is 10.6. The molecule has 31 heavy (non-hydrogen) atoms. The van der Waals surface area contributed by atoms with Gasteiger partial charge in [0.05, 0.1) is 22.7 Å². The van der Waals surface area contributed by atoms with Crippen molar-refractivity contribution in [2.75, 3.05) is 11.1 Å². The summed E-state index contributed by atoms with van der Waals surface area (Å²) in [6, 6.07) is -0.435. The van der Waals surface area contributed by atoms with Crippen molar-refractivity contribution < 1.29 is 27.9 Å². The van der Waals surface area contributed by atoms with Gasteiger partial charge in [-0.3, -0.25) is 10.1 Å². The fraction of sp³-hybridized carbons (Fsp3) is 0.750. The fourth-order valence-corrected chi connectivity index (χ4v) is 6.32. The Labute approximate surface area is 188 Å². The van der Waals surface area contributed by atoms with Crippen molar-refractivity contribution in [1.82, 2.24) is 9.88 Å². The molecule has 2 N–H and O–H groups in total. The number of thioether (sulfide) groups is 1. The number of aliphatic carboxylic acids is 1. The van der Waals surface area contributed by atoms with Crippen LogP contribution in [0.5, 0.6) is 0 Å². The predicted octanol–water partition coefficient (Wildman–Crippen LogP) is 6.00. The molecule has 0 atom stereocenters. The van der Waals surface area contributed by atoms with E-state index in [-0.39, 0.29) is 37.4 Å². The Hall–Kier alpha value is -1.49. The van der Waals surface area contributed by atoms with Crippen LogP contribution >= 0.6 is 23.1 Å². The number of hydrogen-bond acceptors (Lipinski definition) is 5. The number of aromatic nitrogens is 1. The third-order valence-corrected chi connectivity index (χ3v) is 8.12. The number of rotatable bonds is 7. The molecule has 2 saturated carbocycles. The Morgan fingerprint density at radius 2 is 1.77 bits per heavy atom. The first-order valence-corrected chi connectivity index (χ1v) is 12.5. The smallest absolute Gasteiger partial charge is 0.391 e. The third-order valence-electron chi connectivity index (χ3n) is 6.01. The zero-order valence-corrected chi connectivity index (χ0v) is 18.8. The van der Waals surface area contributed by atoms with Crippen LogP contribution in [-0.2, 0) is 4.79 Å². The molecule has 1 heterocycles. The highest BCUT2D eigenvalue weighted by atomic mass is 32.2. The van der Waals surface area contributed by atoms with Crippen molar-refractivity contribution in [3.63, 3.8) is 0 Å². The number of alkyl halides is 3. The van der Waals surface area contributed by atoms with E-state index in [9.17, 15) is 22.8 Å². The molecule has 1 aromatic heterocycles. The van der Waals surface area contributed by atoms with Crippen LogP contribution in [0.25, 0.3) is 0 Å². The monoisotopic (exact) mass is 479 g/mol. The van der Waals surface area contributed by atoms with Gasteiger partial charge in [-0.1, -0.05) is 30.6 Å². The topological polar surface area (TPSA) is 82.5 Å². The maximum Gasteiger partial charge on any atom is 0.391 e. The maximum absolute atomic E-state index is 13.2. The first kappa shape index (κ1) is 24.2. The largest absolute Gasteiger partial charge is 0.481 e. The minimum atomic E-state index is -4.17. The molecule has 0 aromatic carbocycles. The van der Waals surface area contributed by atoms with E-state index < -0.39 is 18.1 Å². The molecule has 174 valence electrons. The number of carbonyl (C=O) groups excluding carboxylic acids is 1. The lowest BCUT2D eigenvalue weighted by Gasteiger charge is -2.42. The highest BCUT2D eigenvalue weighted by Crippen LogP contribution is 2.40. The van der Waals surface area contributed by atoms with E-state index in [0.717, 1.165) is 36.3 Å². The van der Waals surface area contributed by atoms with E-state index in [4.69, 9.17) is 5.11 Å². The van der Waals surface area contributed by atoms with Gasteiger partial charge in [0.1, 0.15) is 0 Å². The van der Waals surface area contributed by atoms with Gasteiger partial charge in [-0.25, -0.2) is 9.78 Å². The van der Waals surface area contributed by atoms with E-state index in [1.165, 1.54) is 23.1 Å². The molecule has 0 saturated heterocycles. The number of nitrogens with zero attached hydrogens (tertiary/aromatic N) is 2. The average Bonchev–Trinajstić information content (AvgIpc) is 3.15. The number of hydrogen-bond donors (Lipinski definition) is 2. The molecule has 6 nitrogen and oxygen atoms in total. The summed E-state index contributed by atoms with van der Waals surface area (Å²) in [4.78, 5) is 29.8. The zero-order chi connectivity index (χ0) is 22.4. The summed E-state index contributed by atoms with van der Waals surface area (Å²) in [5.41, 5.74) is 0. The fourth-order valence-electron chi connectivity index (χ4n) is 4.45. The quantitative estimate of drug-likeness (QED) is 0.469. The van der Waals surface area contributed by atoms with Crippen LogP contribution in [0.15, 0.2) is 10.4 Å². The number of anilines is 1. The molecule has 11 heteroatoms. The summed E-state index contributed by atoms with van der Waals surface area (Å²) in [6.07, 6.45) is 3.24. The van der Waals surface area contributed by atoms with E-state index in [2.05, 4.69) is 10.3 Å². The number of amides is 2. The summed E-state index contributed by atoms with van der Waals surface area (Å²) in [6.45, 7) is 0. The van der Waals surface area contributed by atoms with Crippen molar-refractivity contribution >= 4 is 40.2 Å². The summed E-state index contributed by atoms with van der Waals surface area (Å²) in [5, 5.41) is 12.0. The number of thiazole rings is 1. The lowest BCUT2D eigenvalue weighted by Crippen LogP contribution is -2.51. The van der Waals surface area contributed by atoms with E-state index in [1.807, 2.05) is 0 Å². The van der Waals surface area contributed by atoms with Crippen LogP contribution in [0, 0.1) is 5.92 Å². The minimum Gasteiger partial charge on any atom is -0.481 e. The lowest BCUT2D eigenvalue weighted by molar-refractivity contribution is -0.184. The highest BCUT2D eigenvalue weighted by molar-refractivity contribution is 8.01. The summed E-state index contributed by atoms with van der Waals surface area (Å²) < 4.78 is 40.0. The Balaban J connectivity index is 1.63. The predicted molar refractivity (Wildman–Crippen MR) is 115 cm³/mol. The van der Waals surface area contributed by atoms with E-state index in [0.29, 0.717) is 23.7 Å². The Morgan fingerprint density at radius 1 is 1.13 bits per heavy atom. The molecule has 2 fully saturated rings. The molecule has 2 amide bonds. The molecule has 0 aliphatic heterocycles. The van der Waals surface area contributed by atoms with Gasteiger partial charge in [0, 0.05) is 17.8 Å². The van der Waals surface area contributed by atoms with Gasteiger partial charge in [0.2, 0.25) is 0 Å². The third kappa shape index (κ3) is 7.00. The first-order valence-electron chi connectivity index (χ1n) is 10.7. The minimum absolute atomic E-state index is 0.0420. The number of nitrogens with one attached hydrogen (secondary N) is 1. The maximum atomic E-state index is 13.2. The Bertz CT molecular complexity index is 746. The summed E-state index contributed by atoms with van der Waals surface area (Å²) in [5.74, 6) is -1.72. The van der Waals surface area contributed by atoms with E-state index in [1.54, 1.807) is 11.1 Å². The second-order valence-electron chi connectivity index (χ2n) is 8.15. The number of carboxylic acids is 1. The van der Waals surface area contributed by atoms with Crippen molar-refractivity contribution in [3.05, 3.63) is 6.20 Å². The van der Waals surface area contributed by atoms with Crippen LogP contribution in [0.4, 0.5) is 23.1 Å². The second kappa shape index (κ2) is 10.9. The molecule has 2 aliphatic carbocycles. The molecule has 3 rings (SSSR count). The van der Waals surface area contributed by atoms with Gasteiger partial charge >= 0.3 is 18.2 Å². The highest BCUT2D eigenvalue weighted by Gasteiger charge is 2.43. The summed E-state index contributed by atoms with van der Waals surface area (Å²) >= 11 is 2.65. The van der Waals surface area contributed by atoms with Crippen molar-refractivity contribution in [2.24, 2.45) is 5.92 Å². The number of carboxylic acid groups (broad SMARTS) is 1. The summed E-state index contributed by atoms with van der Waals surface area (Å²) in [7, 11) is 0. The Morgan fingerprint density at radius 3 is 2.39 bits per heavy atom. The van der Waals surface area contributed by atoms with Crippen LogP contribution in [0.1, 0.15) is 64.2 Å². The van der Waals surface area contributed by atoms with Crippen LogP contribution < -0.4 is 5.32 Å². The molecule has 2 aliphatic rings. The lowest BCUT2D eigenvalue weighted by atomic mass is 9.83. The normalized spacial score (nSPS) is 22.8. The number of urea groups is 1. The van der Waals surface area contributed by atoms with E-state index >= 15 is 0 Å². The van der Waals surface area contributed by atoms with Gasteiger partial charge in [0.15, 0.2) is 5.13 Å². The molecule has 0 radical (unpaired) electrons. The molecular formula is C20H28F3N3O3S2. The van der Waals surface area contributed by atoms with Crippen molar-refractivity contribution in [1.29, 1.82) is 0 Å². The standard InChI is InChI=1S/C20H28F3N3O3S2/c21-20(22,23)13-6-8-15(9-7-13)26(14-4-2-1-3-5-14)19(29)25-18-24-12-17(31-18)30-11-10-16(27)28/h12-15H,1-11H2,(H,27,28)(H,24,25,29). The zero-order valence-electron chi connectivity index (χ0n) is 17.2. The molecular weight excluding hydrogens is 451 g/mol. The molecule has 0 spiro atoms. The van der Waals surface area contributed by atoms with Gasteiger partial charge in [-0.05, 0) is 38.5 Å². The van der Waals surface area contributed by atoms with Gasteiger partial charge in [0.25, 0.3) is 0 Å². The Kier molecular flexibility index (Phi) is 8.49. The van der Waals surface area contributed by atoms with Crippen molar-refractivity contribution in [3.8, 4) is 0 Å². The van der Waals surface area contributed by atoms with Crippen molar-refractivity contribution in [2.45, 2.75) is 86.7 Å². The molecule has 1 aromatic rings. The van der Waals surface area contributed by atoms with Gasteiger partial charge in [-0.15, -0.1) is 11.8 Å².